The lowest BCUT2D eigenvalue weighted by Crippen LogP contribution is -2.40. The molecule has 0 spiro atoms. The number of carbonyl (C=O) groups excluding carboxylic acids is 4. The average Bonchev–Trinajstić information content (AvgIpc) is 2.81. The molecule has 8 heteroatoms. The van der Waals surface area contributed by atoms with E-state index in [1.807, 2.05) is 0 Å². The number of carbonyl (C=O) groups is 4. The summed E-state index contributed by atoms with van der Waals surface area (Å²) in [4.78, 5) is 47.6. The average molecular weight is 319 g/mol. The number of esters is 1. The number of hydrogen-bond acceptors (Lipinski definition) is 5. The van der Waals surface area contributed by atoms with E-state index in [0.717, 1.165) is 0 Å². The molecule has 2 N–H and O–H groups in total. The number of benzene rings is 1. The standard InChI is InChI=1S/C15H17N3O5/c1-23-12(19)9-17-15(22)16-7-4-8-18-13(20)10-5-2-3-6-11(10)14(18)21/h2-3,5-6H,4,7-9H2,1H3,(H2,16,17,22). The van der Waals surface area contributed by atoms with Crippen LogP contribution in [-0.2, 0) is 9.53 Å². The van der Waals surface area contributed by atoms with E-state index < -0.39 is 12.0 Å². The summed E-state index contributed by atoms with van der Waals surface area (Å²) in [7, 11) is 1.23. The normalized spacial score (nSPS) is 12.8. The molecule has 0 aromatic heterocycles. The Balaban J connectivity index is 1.74. The van der Waals surface area contributed by atoms with Gasteiger partial charge in [-0.15, -0.1) is 0 Å². The lowest BCUT2D eigenvalue weighted by molar-refractivity contribution is -0.139. The van der Waals surface area contributed by atoms with Crippen molar-refractivity contribution in [2.45, 2.75) is 6.42 Å². The summed E-state index contributed by atoms with van der Waals surface area (Å²) in [5.41, 5.74) is 0.808. The van der Waals surface area contributed by atoms with Crippen LogP contribution in [0.2, 0.25) is 0 Å². The number of hydrogen-bond donors (Lipinski definition) is 2. The molecule has 0 bridgehead atoms. The molecule has 1 aliphatic heterocycles. The van der Waals surface area contributed by atoms with Crippen LogP contribution in [0.3, 0.4) is 0 Å². The molecule has 0 aliphatic carbocycles. The number of fused-ring (bicyclic) bond motifs is 1. The quantitative estimate of drug-likeness (QED) is 0.441. The van der Waals surface area contributed by atoms with Crippen molar-refractivity contribution in [3.8, 4) is 0 Å². The number of methoxy groups -OCH3 is 1. The Labute approximate surface area is 132 Å². The van der Waals surface area contributed by atoms with Crippen molar-refractivity contribution >= 4 is 23.8 Å². The van der Waals surface area contributed by atoms with E-state index in [-0.39, 0.29) is 31.4 Å². The van der Waals surface area contributed by atoms with Crippen molar-refractivity contribution in [2.75, 3.05) is 26.7 Å². The molecule has 2 rings (SSSR count). The molecule has 1 heterocycles. The minimum atomic E-state index is -0.550. The molecule has 8 nitrogen and oxygen atoms in total. The first-order valence-corrected chi connectivity index (χ1v) is 7.08. The molecule has 0 atom stereocenters. The summed E-state index contributed by atoms with van der Waals surface area (Å²) >= 11 is 0. The van der Waals surface area contributed by atoms with Gasteiger partial charge >= 0.3 is 12.0 Å². The fraction of sp³-hybridized carbons (Fsp3) is 0.333. The van der Waals surface area contributed by atoms with Gasteiger partial charge in [-0.3, -0.25) is 19.3 Å². The third kappa shape index (κ3) is 3.85. The molecule has 1 aliphatic rings. The molecule has 1 aromatic carbocycles. The summed E-state index contributed by atoms with van der Waals surface area (Å²) in [6.07, 6.45) is 0.414. The number of ether oxygens (including phenoxy) is 1. The van der Waals surface area contributed by atoms with Gasteiger partial charge in [0.25, 0.3) is 11.8 Å². The maximum absolute atomic E-state index is 12.1. The Hall–Kier alpha value is -2.90. The van der Waals surface area contributed by atoms with Crippen LogP contribution in [0.4, 0.5) is 4.79 Å². The van der Waals surface area contributed by atoms with Gasteiger partial charge in [0.15, 0.2) is 0 Å². The minimum Gasteiger partial charge on any atom is -0.468 e. The molecule has 0 saturated carbocycles. The summed E-state index contributed by atoms with van der Waals surface area (Å²) in [6.45, 7) is 0.255. The Morgan fingerprint density at radius 3 is 2.26 bits per heavy atom. The molecule has 122 valence electrons. The van der Waals surface area contributed by atoms with Crippen LogP contribution in [0.1, 0.15) is 27.1 Å². The van der Waals surface area contributed by atoms with Gasteiger partial charge in [-0.2, -0.15) is 0 Å². The van der Waals surface area contributed by atoms with E-state index in [2.05, 4.69) is 15.4 Å². The van der Waals surface area contributed by atoms with Crippen LogP contribution in [-0.4, -0.2) is 55.5 Å². The van der Waals surface area contributed by atoms with Gasteiger partial charge in [0, 0.05) is 13.1 Å². The van der Waals surface area contributed by atoms with Gasteiger partial charge < -0.3 is 15.4 Å². The van der Waals surface area contributed by atoms with Crippen molar-refractivity contribution in [3.05, 3.63) is 35.4 Å². The molecule has 0 radical (unpaired) electrons. The first kappa shape index (κ1) is 16.5. The Morgan fingerprint density at radius 1 is 1.09 bits per heavy atom. The van der Waals surface area contributed by atoms with Gasteiger partial charge in [0.2, 0.25) is 0 Å². The molecule has 23 heavy (non-hydrogen) atoms. The minimum absolute atomic E-state index is 0.212. The lowest BCUT2D eigenvalue weighted by Gasteiger charge is -2.14. The van der Waals surface area contributed by atoms with Gasteiger partial charge in [0.05, 0.1) is 18.2 Å². The maximum Gasteiger partial charge on any atom is 0.325 e. The van der Waals surface area contributed by atoms with E-state index in [1.54, 1.807) is 24.3 Å². The monoisotopic (exact) mass is 319 g/mol. The van der Waals surface area contributed by atoms with E-state index in [1.165, 1.54) is 12.0 Å². The highest BCUT2D eigenvalue weighted by atomic mass is 16.5. The van der Waals surface area contributed by atoms with Crippen molar-refractivity contribution in [2.24, 2.45) is 0 Å². The molecule has 0 unspecified atom stereocenters. The van der Waals surface area contributed by atoms with Gasteiger partial charge in [-0.1, -0.05) is 12.1 Å². The maximum atomic E-state index is 12.1. The molecular weight excluding hydrogens is 302 g/mol. The Bertz CT molecular complexity index is 609. The smallest absolute Gasteiger partial charge is 0.325 e. The van der Waals surface area contributed by atoms with E-state index >= 15 is 0 Å². The summed E-state index contributed by atoms with van der Waals surface area (Å²) in [5.74, 6) is -1.19. The van der Waals surface area contributed by atoms with Crippen molar-refractivity contribution < 1.29 is 23.9 Å². The van der Waals surface area contributed by atoms with Crippen LogP contribution in [0.5, 0.6) is 0 Å². The number of nitrogens with one attached hydrogen (secondary N) is 2. The molecular formula is C15H17N3O5. The SMILES string of the molecule is COC(=O)CNC(=O)NCCCN1C(=O)c2ccccc2C1=O. The number of rotatable bonds is 6. The van der Waals surface area contributed by atoms with Crippen LogP contribution < -0.4 is 10.6 Å². The zero-order valence-corrected chi connectivity index (χ0v) is 12.6. The highest BCUT2D eigenvalue weighted by Gasteiger charge is 2.34. The van der Waals surface area contributed by atoms with Crippen molar-refractivity contribution in [3.63, 3.8) is 0 Å². The third-order valence-electron chi connectivity index (χ3n) is 3.34. The number of urea groups is 1. The zero-order chi connectivity index (χ0) is 16.8. The second kappa shape index (κ2) is 7.39. The fourth-order valence-electron chi connectivity index (χ4n) is 2.17. The van der Waals surface area contributed by atoms with Crippen LogP contribution in [0.25, 0.3) is 0 Å². The lowest BCUT2D eigenvalue weighted by atomic mass is 10.1. The first-order valence-electron chi connectivity index (χ1n) is 7.08. The van der Waals surface area contributed by atoms with Crippen LogP contribution in [0.15, 0.2) is 24.3 Å². The van der Waals surface area contributed by atoms with Gasteiger partial charge in [-0.25, -0.2) is 4.79 Å². The van der Waals surface area contributed by atoms with Crippen LogP contribution in [0, 0.1) is 0 Å². The molecule has 4 amide bonds. The topological polar surface area (TPSA) is 105 Å². The molecule has 0 fully saturated rings. The van der Waals surface area contributed by atoms with E-state index in [9.17, 15) is 19.2 Å². The van der Waals surface area contributed by atoms with Crippen molar-refractivity contribution in [1.29, 1.82) is 0 Å². The highest BCUT2D eigenvalue weighted by Crippen LogP contribution is 2.22. The highest BCUT2D eigenvalue weighted by molar-refractivity contribution is 6.21. The third-order valence-corrected chi connectivity index (χ3v) is 3.34. The number of nitrogens with zero attached hydrogens (tertiary/aromatic N) is 1. The van der Waals surface area contributed by atoms with E-state index in [0.29, 0.717) is 17.5 Å². The number of imide groups is 1. The molecule has 1 aromatic rings. The predicted molar refractivity (Wildman–Crippen MR) is 79.8 cm³/mol. The summed E-state index contributed by atoms with van der Waals surface area (Å²) in [6, 6.07) is 6.14. The Kier molecular flexibility index (Phi) is 5.29. The first-order chi connectivity index (χ1) is 11.0. The van der Waals surface area contributed by atoms with Gasteiger partial charge in [-0.05, 0) is 18.6 Å². The van der Waals surface area contributed by atoms with Crippen molar-refractivity contribution in [1.82, 2.24) is 15.5 Å². The second-order valence-electron chi connectivity index (χ2n) is 4.85. The predicted octanol–water partition coefficient (Wildman–Crippen LogP) is 0.145. The Morgan fingerprint density at radius 2 is 1.70 bits per heavy atom. The fourth-order valence-corrected chi connectivity index (χ4v) is 2.17. The van der Waals surface area contributed by atoms with Crippen LogP contribution >= 0.6 is 0 Å². The summed E-state index contributed by atoms with van der Waals surface area (Å²) in [5, 5.41) is 4.85. The number of amides is 4. The zero-order valence-electron chi connectivity index (χ0n) is 12.6. The summed E-state index contributed by atoms with van der Waals surface area (Å²) < 4.78 is 4.39. The molecule has 0 saturated heterocycles. The largest absolute Gasteiger partial charge is 0.468 e. The van der Waals surface area contributed by atoms with E-state index in [4.69, 9.17) is 0 Å². The van der Waals surface area contributed by atoms with Gasteiger partial charge in [0.1, 0.15) is 6.54 Å². The second-order valence-corrected chi connectivity index (χ2v) is 4.85.